The maximum Gasteiger partial charge on any atom is 0.243 e. The second-order valence-corrected chi connectivity index (χ2v) is 8.83. The Kier molecular flexibility index (Phi) is 6.87. The van der Waals surface area contributed by atoms with E-state index in [9.17, 15) is 17.6 Å². The zero-order valence-electron chi connectivity index (χ0n) is 16.3. The second-order valence-electron chi connectivity index (χ2n) is 6.89. The number of ether oxygens (including phenoxy) is 1. The Morgan fingerprint density at radius 3 is 2.41 bits per heavy atom. The number of sulfonamides is 1. The number of benzene rings is 2. The van der Waals surface area contributed by atoms with Crippen LogP contribution in [0.15, 0.2) is 53.4 Å². The zero-order chi connectivity index (χ0) is 20.9. The van der Waals surface area contributed by atoms with Crippen LogP contribution in [0.1, 0.15) is 25.3 Å². The molecule has 1 aliphatic heterocycles. The number of nitrogens with zero attached hydrogens (tertiary/aromatic N) is 1. The van der Waals surface area contributed by atoms with Crippen LogP contribution in [0, 0.1) is 11.7 Å². The molecule has 1 saturated heterocycles. The highest BCUT2D eigenvalue weighted by Gasteiger charge is 2.32. The van der Waals surface area contributed by atoms with Gasteiger partial charge in [0, 0.05) is 31.1 Å². The molecule has 3 rings (SSSR count). The first-order chi connectivity index (χ1) is 13.9. The summed E-state index contributed by atoms with van der Waals surface area (Å²) in [5, 5.41) is 2.75. The first-order valence-electron chi connectivity index (χ1n) is 9.66. The van der Waals surface area contributed by atoms with E-state index in [0.29, 0.717) is 30.8 Å². The van der Waals surface area contributed by atoms with Crippen molar-refractivity contribution >= 4 is 15.9 Å². The van der Waals surface area contributed by atoms with E-state index in [1.54, 1.807) is 30.3 Å². The van der Waals surface area contributed by atoms with Crippen LogP contribution in [0.4, 0.5) is 4.39 Å². The number of nitrogens with one attached hydrogen (secondary N) is 1. The van der Waals surface area contributed by atoms with E-state index in [-0.39, 0.29) is 42.2 Å². The van der Waals surface area contributed by atoms with E-state index in [0.717, 1.165) is 0 Å². The van der Waals surface area contributed by atoms with Crippen LogP contribution in [0.5, 0.6) is 5.75 Å². The van der Waals surface area contributed by atoms with Crippen LogP contribution >= 0.6 is 0 Å². The molecule has 0 bridgehead atoms. The molecular formula is C21H25FN2O4S. The molecule has 156 valence electrons. The van der Waals surface area contributed by atoms with Crippen LogP contribution in [0.3, 0.4) is 0 Å². The summed E-state index contributed by atoms with van der Waals surface area (Å²) in [6.45, 7) is 3.04. The van der Waals surface area contributed by atoms with Crippen LogP contribution in [-0.4, -0.2) is 38.3 Å². The fourth-order valence-corrected chi connectivity index (χ4v) is 4.82. The van der Waals surface area contributed by atoms with Gasteiger partial charge in [-0.3, -0.25) is 4.79 Å². The molecule has 0 saturated carbocycles. The van der Waals surface area contributed by atoms with E-state index >= 15 is 0 Å². The molecule has 1 amide bonds. The van der Waals surface area contributed by atoms with Crippen molar-refractivity contribution in [2.75, 3.05) is 19.7 Å². The Labute approximate surface area is 170 Å². The fraction of sp³-hybridized carbons (Fsp3) is 0.381. The van der Waals surface area contributed by atoms with Gasteiger partial charge in [-0.1, -0.05) is 18.2 Å². The first-order valence-corrected chi connectivity index (χ1v) is 11.1. The van der Waals surface area contributed by atoms with Crippen molar-refractivity contribution in [2.24, 2.45) is 5.92 Å². The fourth-order valence-electron chi connectivity index (χ4n) is 3.35. The van der Waals surface area contributed by atoms with Crippen LogP contribution in [-0.2, 0) is 21.4 Å². The van der Waals surface area contributed by atoms with Gasteiger partial charge < -0.3 is 10.1 Å². The summed E-state index contributed by atoms with van der Waals surface area (Å²) < 4.78 is 46.1. The van der Waals surface area contributed by atoms with Gasteiger partial charge in [-0.2, -0.15) is 4.31 Å². The molecule has 1 heterocycles. The van der Waals surface area contributed by atoms with Crippen molar-refractivity contribution in [3.8, 4) is 5.75 Å². The Hall–Kier alpha value is -2.45. The largest absolute Gasteiger partial charge is 0.494 e. The lowest BCUT2D eigenvalue weighted by Crippen LogP contribution is -2.42. The summed E-state index contributed by atoms with van der Waals surface area (Å²) in [4.78, 5) is 12.6. The number of carbonyl (C=O) groups is 1. The SMILES string of the molecule is CCOc1ccc(S(=O)(=O)N2CCC(C(=O)NCc3ccccc3F)CC2)cc1. The quantitative estimate of drug-likeness (QED) is 0.747. The van der Waals surface area contributed by atoms with E-state index in [2.05, 4.69) is 5.32 Å². The van der Waals surface area contributed by atoms with Gasteiger partial charge in [0.25, 0.3) is 0 Å². The third-order valence-corrected chi connectivity index (χ3v) is 6.92. The minimum atomic E-state index is -3.61. The van der Waals surface area contributed by atoms with Crippen molar-refractivity contribution < 1.29 is 22.3 Å². The number of hydrogen-bond donors (Lipinski definition) is 1. The molecule has 0 spiro atoms. The Morgan fingerprint density at radius 2 is 1.79 bits per heavy atom. The van der Waals surface area contributed by atoms with Crippen molar-refractivity contribution in [1.29, 1.82) is 0 Å². The molecule has 0 aliphatic carbocycles. The number of hydrogen-bond acceptors (Lipinski definition) is 4. The monoisotopic (exact) mass is 420 g/mol. The summed E-state index contributed by atoms with van der Waals surface area (Å²) in [5.41, 5.74) is 0.427. The van der Waals surface area contributed by atoms with Gasteiger partial charge in [-0.25, -0.2) is 12.8 Å². The average molecular weight is 421 g/mol. The van der Waals surface area contributed by atoms with Gasteiger partial charge in [0.1, 0.15) is 11.6 Å². The van der Waals surface area contributed by atoms with E-state index in [4.69, 9.17) is 4.74 Å². The van der Waals surface area contributed by atoms with Crippen LogP contribution in [0.25, 0.3) is 0 Å². The maximum absolute atomic E-state index is 13.7. The molecule has 1 N–H and O–H groups in total. The van der Waals surface area contributed by atoms with Crippen molar-refractivity contribution in [3.63, 3.8) is 0 Å². The molecule has 8 heteroatoms. The third kappa shape index (κ3) is 5.13. The number of halogens is 1. The Morgan fingerprint density at radius 1 is 1.14 bits per heavy atom. The predicted octanol–water partition coefficient (Wildman–Crippen LogP) is 2.94. The second kappa shape index (κ2) is 9.37. The van der Waals surface area contributed by atoms with Gasteiger partial charge in [0.15, 0.2) is 0 Å². The Bertz CT molecular complexity index is 939. The van der Waals surface area contributed by atoms with Gasteiger partial charge >= 0.3 is 0 Å². The highest BCUT2D eigenvalue weighted by Crippen LogP contribution is 2.25. The predicted molar refractivity (Wildman–Crippen MR) is 107 cm³/mol. The topological polar surface area (TPSA) is 75.7 Å². The van der Waals surface area contributed by atoms with Crippen molar-refractivity contribution in [2.45, 2.75) is 31.2 Å². The summed E-state index contributed by atoms with van der Waals surface area (Å²) >= 11 is 0. The Balaban J connectivity index is 1.55. The summed E-state index contributed by atoms with van der Waals surface area (Å²) in [7, 11) is -3.61. The number of piperidine rings is 1. The molecule has 0 aromatic heterocycles. The lowest BCUT2D eigenvalue weighted by Gasteiger charge is -2.30. The summed E-state index contributed by atoms with van der Waals surface area (Å²) in [5.74, 6) is -0.194. The highest BCUT2D eigenvalue weighted by atomic mass is 32.2. The number of amides is 1. The third-order valence-electron chi connectivity index (χ3n) is 5.01. The lowest BCUT2D eigenvalue weighted by molar-refractivity contribution is -0.126. The molecule has 0 unspecified atom stereocenters. The van der Waals surface area contributed by atoms with Gasteiger partial charge in [0.05, 0.1) is 11.5 Å². The lowest BCUT2D eigenvalue weighted by atomic mass is 9.97. The van der Waals surface area contributed by atoms with Crippen LogP contribution < -0.4 is 10.1 Å². The minimum Gasteiger partial charge on any atom is -0.494 e. The molecule has 1 fully saturated rings. The maximum atomic E-state index is 13.7. The molecule has 29 heavy (non-hydrogen) atoms. The van der Waals surface area contributed by atoms with E-state index in [1.165, 1.54) is 22.5 Å². The van der Waals surface area contributed by atoms with Crippen molar-refractivity contribution in [1.82, 2.24) is 9.62 Å². The minimum absolute atomic E-state index is 0.121. The molecule has 2 aromatic carbocycles. The molecule has 2 aromatic rings. The van der Waals surface area contributed by atoms with Gasteiger partial charge in [-0.15, -0.1) is 0 Å². The molecule has 6 nitrogen and oxygen atoms in total. The zero-order valence-corrected chi connectivity index (χ0v) is 17.1. The van der Waals surface area contributed by atoms with E-state index in [1.807, 2.05) is 6.92 Å². The molecular weight excluding hydrogens is 395 g/mol. The average Bonchev–Trinajstić information content (AvgIpc) is 2.74. The summed E-state index contributed by atoms with van der Waals surface area (Å²) in [6, 6.07) is 12.6. The first kappa shape index (κ1) is 21.3. The number of carbonyl (C=O) groups excluding carboxylic acids is 1. The molecule has 0 radical (unpaired) electrons. The van der Waals surface area contributed by atoms with E-state index < -0.39 is 10.0 Å². The smallest absolute Gasteiger partial charge is 0.243 e. The van der Waals surface area contributed by atoms with Crippen LogP contribution in [0.2, 0.25) is 0 Å². The van der Waals surface area contributed by atoms with Crippen molar-refractivity contribution in [3.05, 3.63) is 59.9 Å². The summed E-state index contributed by atoms with van der Waals surface area (Å²) in [6.07, 6.45) is 0.860. The van der Waals surface area contributed by atoms with Gasteiger partial charge in [-0.05, 0) is 50.1 Å². The molecule has 1 aliphatic rings. The standard InChI is InChI=1S/C21H25FN2O4S/c1-2-28-18-7-9-19(10-8-18)29(26,27)24-13-11-16(12-14-24)21(25)23-15-17-5-3-4-6-20(17)22/h3-10,16H,2,11-15H2,1H3,(H,23,25). The highest BCUT2D eigenvalue weighted by molar-refractivity contribution is 7.89. The normalized spacial score (nSPS) is 15.8. The number of rotatable bonds is 7. The molecule has 0 atom stereocenters. The van der Waals surface area contributed by atoms with Gasteiger partial charge in [0.2, 0.25) is 15.9 Å².